The van der Waals surface area contributed by atoms with Crippen LogP contribution in [-0.4, -0.2) is 38.3 Å². The molecule has 0 radical (unpaired) electrons. The van der Waals surface area contributed by atoms with E-state index in [4.69, 9.17) is 13.9 Å². The first kappa shape index (κ1) is 15.9. The highest BCUT2D eigenvalue weighted by molar-refractivity contribution is 5.62. The maximum absolute atomic E-state index is 5.91. The van der Waals surface area contributed by atoms with E-state index >= 15 is 0 Å². The van der Waals surface area contributed by atoms with E-state index in [1.165, 1.54) is 32.4 Å². The molecular formula is C19H25NO3. The lowest BCUT2D eigenvalue weighted by Crippen LogP contribution is -2.31. The van der Waals surface area contributed by atoms with Gasteiger partial charge in [0.2, 0.25) is 0 Å². The van der Waals surface area contributed by atoms with Crippen LogP contribution >= 0.6 is 0 Å². The van der Waals surface area contributed by atoms with Gasteiger partial charge in [0.1, 0.15) is 5.76 Å². The van der Waals surface area contributed by atoms with Crippen molar-refractivity contribution in [3.8, 4) is 22.8 Å². The number of rotatable bonds is 7. The normalized spacial score (nSPS) is 15.5. The summed E-state index contributed by atoms with van der Waals surface area (Å²) in [6.07, 6.45) is 6.77. The van der Waals surface area contributed by atoms with Crippen molar-refractivity contribution in [3.63, 3.8) is 0 Å². The molecule has 124 valence electrons. The SMILES string of the molecule is COc1cc(-c2ccco2)ccc1OCCCN1CCCCC1. The Kier molecular flexibility index (Phi) is 5.59. The van der Waals surface area contributed by atoms with Gasteiger partial charge in [0, 0.05) is 12.1 Å². The van der Waals surface area contributed by atoms with Crippen molar-refractivity contribution in [1.29, 1.82) is 0 Å². The maximum Gasteiger partial charge on any atom is 0.161 e. The summed E-state index contributed by atoms with van der Waals surface area (Å²) >= 11 is 0. The van der Waals surface area contributed by atoms with Gasteiger partial charge in [-0.15, -0.1) is 0 Å². The summed E-state index contributed by atoms with van der Waals surface area (Å²) in [4.78, 5) is 2.53. The van der Waals surface area contributed by atoms with Crippen LogP contribution in [0.25, 0.3) is 11.3 Å². The molecule has 0 aliphatic carbocycles. The molecule has 0 spiro atoms. The number of hydrogen-bond donors (Lipinski definition) is 0. The van der Waals surface area contributed by atoms with Crippen molar-refractivity contribution < 1.29 is 13.9 Å². The third kappa shape index (κ3) is 4.29. The average molecular weight is 315 g/mol. The second kappa shape index (κ2) is 8.06. The highest BCUT2D eigenvalue weighted by Crippen LogP contribution is 2.32. The van der Waals surface area contributed by atoms with Gasteiger partial charge < -0.3 is 18.8 Å². The Hall–Kier alpha value is -1.94. The predicted octanol–water partition coefficient (Wildman–Crippen LogP) is 4.21. The molecule has 1 aliphatic rings. The summed E-state index contributed by atoms with van der Waals surface area (Å²) in [7, 11) is 1.67. The maximum atomic E-state index is 5.91. The topological polar surface area (TPSA) is 34.8 Å². The number of nitrogens with zero attached hydrogens (tertiary/aromatic N) is 1. The number of likely N-dealkylation sites (tertiary alicyclic amines) is 1. The van der Waals surface area contributed by atoms with Gasteiger partial charge in [-0.25, -0.2) is 0 Å². The van der Waals surface area contributed by atoms with E-state index in [0.29, 0.717) is 6.61 Å². The van der Waals surface area contributed by atoms with Crippen LogP contribution in [0, 0.1) is 0 Å². The minimum atomic E-state index is 0.715. The van der Waals surface area contributed by atoms with Gasteiger partial charge in [-0.1, -0.05) is 6.42 Å². The number of piperidine rings is 1. The molecule has 4 nitrogen and oxygen atoms in total. The predicted molar refractivity (Wildman–Crippen MR) is 91.1 cm³/mol. The standard InChI is InChI=1S/C19H25NO3/c1-21-19-15-16(17-7-5-13-22-17)8-9-18(19)23-14-6-12-20-10-3-2-4-11-20/h5,7-9,13,15H,2-4,6,10-12,14H2,1H3. The molecule has 0 atom stereocenters. The molecule has 1 saturated heterocycles. The lowest BCUT2D eigenvalue weighted by molar-refractivity contribution is 0.203. The van der Waals surface area contributed by atoms with Crippen LogP contribution in [0.4, 0.5) is 0 Å². The first-order chi connectivity index (χ1) is 11.4. The van der Waals surface area contributed by atoms with E-state index in [1.54, 1.807) is 13.4 Å². The van der Waals surface area contributed by atoms with E-state index in [9.17, 15) is 0 Å². The zero-order chi connectivity index (χ0) is 15.9. The second-order valence-corrected chi connectivity index (χ2v) is 5.95. The van der Waals surface area contributed by atoms with Crippen LogP contribution < -0.4 is 9.47 Å². The summed E-state index contributed by atoms with van der Waals surface area (Å²) in [6.45, 7) is 4.31. The van der Waals surface area contributed by atoms with Crippen LogP contribution in [-0.2, 0) is 0 Å². The third-order valence-corrected chi connectivity index (χ3v) is 4.29. The lowest BCUT2D eigenvalue weighted by Gasteiger charge is -2.26. The molecule has 0 unspecified atom stereocenters. The van der Waals surface area contributed by atoms with Crippen LogP contribution in [0.15, 0.2) is 41.0 Å². The largest absolute Gasteiger partial charge is 0.493 e. The molecule has 0 amide bonds. The van der Waals surface area contributed by atoms with E-state index < -0.39 is 0 Å². The molecule has 0 N–H and O–H groups in total. The Labute approximate surface area is 138 Å². The minimum Gasteiger partial charge on any atom is -0.493 e. The van der Waals surface area contributed by atoms with Gasteiger partial charge in [-0.05, 0) is 62.7 Å². The van der Waals surface area contributed by atoms with Gasteiger partial charge in [-0.3, -0.25) is 0 Å². The number of methoxy groups -OCH3 is 1. The summed E-state index contributed by atoms with van der Waals surface area (Å²) in [5.74, 6) is 2.37. The smallest absolute Gasteiger partial charge is 0.161 e. The monoisotopic (exact) mass is 315 g/mol. The molecule has 1 aromatic carbocycles. The molecule has 2 heterocycles. The van der Waals surface area contributed by atoms with Crippen molar-refractivity contribution in [2.45, 2.75) is 25.7 Å². The van der Waals surface area contributed by atoms with Crippen LogP contribution in [0.3, 0.4) is 0 Å². The van der Waals surface area contributed by atoms with Crippen LogP contribution in [0.5, 0.6) is 11.5 Å². The summed E-state index contributed by atoms with van der Waals surface area (Å²) in [5.41, 5.74) is 0.993. The fraction of sp³-hybridized carbons (Fsp3) is 0.474. The van der Waals surface area contributed by atoms with Gasteiger partial charge in [0.25, 0.3) is 0 Å². The van der Waals surface area contributed by atoms with Crippen molar-refractivity contribution in [2.24, 2.45) is 0 Å². The molecule has 1 aliphatic heterocycles. The third-order valence-electron chi connectivity index (χ3n) is 4.29. The molecule has 1 fully saturated rings. The molecule has 0 saturated carbocycles. The van der Waals surface area contributed by atoms with Gasteiger partial charge in [-0.2, -0.15) is 0 Å². The van der Waals surface area contributed by atoms with Crippen LogP contribution in [0.2, 0.25) is 0 Å². The zero-order valence-corrected chi connectivity index (χ0v) is 13.8. The van der Waals surface area contributed by atoms with Gasteiger partial charge in [0.05, 0.1) is 20.0 Å². The van der Waals surface area contributed by atoms with Crippen molar-refractivity contribution in [3.05, 3.63) is 36.6 Å². The zero-order valence-electron chi connectivity index (χ0n) is 13.8. The number of hydrogen-bond acceptors (Lipinski definition) is 4. The Morgan fingerprint density at radius 3 is 2.70 bits per heavy atom. The lowest BCUT2D eigenvalue weighted by atomic mass is 10.1. The van der Waals surface area contributed by atoms with Crippen molar-refractivity contribution >= 4 is 0 Å². The first-order valence-corrected chi connectivity index (χ1v) is 8.44. The van der Waals surface area contributed by atoms with E-state index in [0.717, 1.165) is 35.8 Å². The molecule has 0 bridgehead atoms. The van der Waals surface area contributed by atoms with Gasteiger partial charge >= 0.3 is 0 Å². The van der Waals surface area contributed by atoms with E-state index in [1.807, 2.05) is 30.3 Å². The number of benzene rings is 1. The Balaban J connectivity index is 1.53. The fourth-order valence-electron chi connectivity index (χ4n) is 3.04. The van der Waals surface area contributed by atoms with E-state index in [-0.39, 0.29) is 0 Å². The summed E-state index contributed by atoms with van der Waals surface area (Å²) < 4.78 is 16.8. The first-order valence-electron chi connectivity index (χ1n) is 8.44. The quantitative estimate of drug-likeness (QED) is 0.717. The highest BCUT2D eigenvalue weighted by Gasteiger charge is 2.11. The molecule has 1 aromatic heterocycles. The summed E-state index contributed by atoms with van der Waals surface area (Å²) in [6, 6.07) is 9.73. The molecule has 3 rings (SSSR count). The van der Waals surface area contributed by atoms with Crippen molar-refractivity contribution in [1.82, 2.24) is 4.90 Å². The second-order valence-electron chi connectivity index (χ2n) is 5.95. The summed E-state index contributed by atoms with van der Waals surface area (Å²) in [5, 5.41) is 0. The fourth-order valence-corrected chi connectivity index (χ4v) is 3.04. The number of furan rings is 1. The molecule has 4 heteroatoms. The Morgan fingerprint density at radius 1 is 1.09 bits per heavy atom. The van der Waals surface area contributed by atoms with E-state index in [2.05, 4.69) is 4.90 Å². The van der Waals surface area contributed by atoms with Crippen LogP contribution in [0.1, 0.15) is 25.7 Å². The van der Waals surface area contributed by atoms with Crippen molar-refractivity contribution in [2.75, 3.05) is 33.4 Å². The molecule has 23 heavy (non-hydrogen) atoms. The Bertz CT molecular complexity index is 589. The Morgan fingerprint density at radius 2 is 1.96 bits per heavy atom. The molecular weight excluding hydrogens is 290 g/mol. The van der Waals surface area contributed by atoms with Gasteiger partial charge in [0.15, 0.2) is 11.5 Å². The highest BCUT2D eigenvalue weighted by atomic mass is 16.5. The number of ether oxygens (including phenoxy) is 2. The molecule has 2 aromatic rings. The average Bonchev–Trinajstić information content (AvgIpc) is 3.14. The minimum absolute atomic E-state index is 0.715.